The summed E-state index contributed by atoms with van der Waals surface area (Å²) in [5, 5.41) is 0. The fraction of sp³-hybridized carbons (Fsp3) is 0.500. The lowest BCUT2D eigenvalue weighted by molar-refractivity contribution is -0.117. The fourth-order valence-corrected chi connectivity index (χ4v) is 1.25. The molecule has 5 nitrogen and oxygen atoms in total. The summed E-state index contributed by atoms with van der Waals surface area (Å²) in [5.41, 5.74) is -0.252. The summed E-state index contributed by atoms with van der Waals surface area (Å²) in [6.07, 6.45) is 2.38. The van der Waals surface area contributed by atoms with E-state index in [9.17, 15) is 14.4 Å². The third kappa shape index (κ3) is 2.90. The second-order valence-corrected chi connectivity index (χ2v) is 3.41. The molecular formula is C10H14N2O3. The van der Waals surface area contributed by atoms with Gasteiger partial charge in [-0.1, -0.05) is 6.92 Å². The summed E-state index contributed by atoms with van der Waals surface area (Å²) < 4.78 is 1.36. The minimum atomic E-state index is -0.460. The smallest absolute Gasteiger partial charge is 0.300 e. The minimum absolute atomic E-state index is 0.0196. The molecule has 0 aliphatic rings. The van der Waals surface area contributed by atoms with Crippen molar-refractivity contribution < 1.29 is 4.79 Å². The molecule has 0 radical (unpaired) electrons. The lowest BCUT2D eigenvalue weighted by Gasteiger charge is -2.04. The Morgan fingerprint density at radius 1 is 1.47 bits per heavy atom. The Morgan fingerprint density at radius 3 is 2.67 bits per heavy atom. The highest BCUT2D eigenvalue weighted by atomic mass is 16.2. The predicted octanol–water partition coefficient (Wildman–Crippen LogP) is 0.0781. The Morgan fingerprint density at radius 2 is 2.13 bits per heavy atom. The minimum Gasteiger partial charge on any atom is -0.300 e. The van der Waals surface area contributed by atoms with Crippen LogP contribution in [0.4, 0.5) is 0 Å². The molecule has 1 rings (SSSR count). The van der Waals surface area contributed by atoms with E-state index in [1.165, 1.54) is 17.7 Å². The number of aryl methyl sites for hydroxylation is 2. The van der Waals surface area contributed by atoms with Gasteiger partial charge in [0, 0.05) is 24.7 Å². The third-order valence-electron chi connectivity index (χ3n) is 2.17. The molecule has 0 fully saturated rings. The molecule has 0 spiro atoms. The molecule has 0 aromatic carbocycles. The number of aromatic nitrogens is 2. The van der Waals surface area contributed by atoms with Crippen molar-refractivity contribution in [1.29, 1.82) is 0 Å². The SMILES string of the molecule is CCc1cn(CCC(C)=O)c(=O)[nH]c1=O. The Labute approximate surface area is 86.8 Å². The standard InChI is InChI=1S/C10H14N2O3/c1-3-8-6-12(5-4-7(2)13)10(15)11-9(8)14/h6H,3-5H2,1-2H3,(H,11,14,15). The molecule has 82 valence electrons. The molecule has 0 amide bonds. The van der Waals surface area contributed by atoms with Crippen LogP contribution in [-0.2, 0) is 17.8 Å². The predicted molar refractivity (Wildman–Crippen MR) is 56.0 cm³/mol. The Hall–Kier alpha value is -1.65. The maximum atomic E-state index is 11.3. The van der Waals surface area contributed by atoms with E-state index in [1.807, 2.05) is 6.92 Å². The van der Waals surface area contributed by atoms with Crippen LogP contribution < -0.4 is 11.2 Å². The van der Waals surface area contributed by atoms with E-state index in [-0.39, 0.29) is 11.3 Å². The molecule has 1 aromatic rings. The largest absolute Gasteiger partial charge is 0.328 e. The highest BCUT2D eigenvalue weighted by molar-refractivity contribution is 5.75. The number of nitrogens with zero attached hydrogens (tertiary/aromatic N) is 1. The number of H-pyrrole nitrogens is 1. The van der Waals surface area contributed by atoms with Gasteiger partial charge in [0.1, 0.15) is 5.78 Å². The van der Waals surface area contributed by atoms with Crippen molar-refractivity contribution in [3.63, 3.8) is 0 Å². The molecule has 1 heterocycles. The number of hydrogen-bond donors (Lipinski definition) is 1. The average molecular weight is 210 g/mol. The van der Waals surface area contributed by atoms with Gasteiger partial charge in [-0.05, 0) is 13.3 Å². The molecule has 5 heteroatoms. The number of nitrogens with one attached hydrogen (secondary N) is 1. The number of ketones is 1. The second kappa shape index (κ2) is 4.72. The Balaban J connectivity index is 3.03. The van der Waals surface area contributed by atoms with E-state index in [0.717, 1.165) is 0 Å². The lowest BCUT2D eigenvalue weighted by atomic mass is 10.2. The molecule has 0 aliphatic heterocycles. The van der Waals surface area contributed by atoms with Gasteiger partial charge in [-0.3, -0.25) is 19.1 Å². The zero-order valence-corrected chi connectivity index (χ0v) is 8.87. The summed E-state index contributed by atoms with van der Waals surface area (Å²) in [6, 6.07) is 0. The quantitative estimate of drug-likeness (QED) is 0.764. The molecule has 0 saturated heterocycles. The summed E-state index contributed by atoms with van der Waals surface area (Å²) in [4.78, 5) is 35.5. The number of aromatic amines is 1. The molecule has 1 aromatic heterocycles. The van der Waals surface area contributed by atoms with Gasteiger partial charge in [0.25, 0.3) is 5.56 Å². The van der Waals surface area contributed by atoms with E-state index in [2.05, 4.69) is 4.98 Å². The monoisotopic (exact) mass is 210 g/mol. The first-order chi connectivity index (χ1) is 7.04. The number of carbonyl (C=O) groups is 1. The Kier molecular flexibility index (Phi) is 3.60. The molecule has 0 aliphatic carbocycles. The lowest BCUT2D eigenvalue weighted by Crippen LogP contribution is -2.32. The molecule has 15 heavy (non-hydrogen) atoms. The van der Waals surface area contributed by atoms with Gasteiger partial charge < -0.3 is 0 Å². The summed E-state index contributed by atoms with van der Waals surface area (Å²) >= 11 is 0. The fourth-order valence-electron chi connectivity index (χ4n) is 1.25. The highest BCUT2D eigenvalue weighted by Crippen LogP contribution is 1.91. The van der Waals surface area contributed by atoms with Gasteiger partial charge in [0.15, 0.2) is 0 Å². The number of Topliss-reactive ketones (excluding diaryl/α,β-unsaturated/α-hetero) is 1. The van der Waals surface area contributed by atoms with Crippen LogP contribution in [-0.4, -0.2) is 15.3 Å². The number of rotatable bonds is 4. The first kappa shape index (κ1) is 11.4. The van der Waals surface area contributed by atoms with Crippen LogP contribution in [0.25, 0.3) is 0 Å². The zero-order valence-electron chi connectivity index (χ0n) is 8.87. The van der Waals surface area contributed by atoms with E-state index in [0.29, 0.717) is 24.9 Å². The van der Waals surface area contributed by atoms with Crippen molar-refractivity contribution in [3.05, 3.63) is 32.6 Å². The molecular weight excluding hydrogens is 196 g/mol. The first-order valence-electron chi connectivity index (χ1n) is 4.86. The van der Waals surface area contributed by atoms with E-state index < -0.39 is 5.69 Å². The van der Waals surface area contributed by atoms with Crippen LogP contribution in [0.2, 0.25) is 0 Å². The van der Waals surface area contributed by atoms with Crippen LogP contribution in [0.15, 0.2) is 15.8 Å². The van der Waals surface area contributed by atoms with Crippen molar-refractivity contribution in [2.24, 2.45) is 0 Å². The van der Waals surface area contributed by atoms with Crippen LogP contribution in [0.5, 0.6) is 0 Å². The maximum Gasteiger partial charge on any atom is 0.328 e. The topological polar surface area (TPSA) is 71.9 Å². The zero-order chi connectivity index (χ0) is 11.4. The van der Waals surface area contributed by atoms with Crippen molar-refractivity contribution >= 4 is 5.78 Å². The average Bonchev–Trinajstić information content (AvgIpc) is 2.16. The number of carbonyl (C=O) groups excluding carboxylic acids is 1. The first-order valence-corrected chi connectivity index (χ1v) is 4.86. The van der Waals surface area contributed by atoms with Gasteiger partial charge in [-0.2, -0.15) is 0 Å². The van der Waals surface area contributed by atoms with Crippen molar-refractivity contribution in [3.8, 4) is 0 Å². The van der Waals surface area contributed by atoms with Crippen molar-refractivity contribution in [1.82, 2.24) is 9.55 Å². The molecule has 0 saturated carbocycles. The van der Waals surface area contributed by atoms with Gasteiger partial charge in [-0.25, -0.2) is 4.79 Å². The number of hydrogen-bond acceptors (Lipinski definition) is 3. The van der Waals surface area contributed by atoms with E-state index in [4.69, 9.17) is 0 Å². The van der Waals surface area contributed by atoms with Crippen molar-refractivity contribution in [2.45, 2.75) is 33.2 Å². The summed E-state index contributed by atoms with van der Waals surface area (Å²) in [5.74, 6) is 0.0196. The van der Waals surface area contributed by atoms with Gasteiger partial charge in [0.2, 0.25) is 0 Å². The van der Waals surface area contributed by atoms with Gasteiger partial charge in [0.05, 0.1) is 0 Å². The summed E-state index contributed by atoms with van der Waals surface area (Å²) in [6.45, 7) is 3.62. The van der Waals surface area contributed by atoms with Crippen LogP contribution in [0, 0.1) is 0 Å². The normalized spacial score (nSPS) is 10.3. The molecule has 0 bridgehead atoms. The van der Waals surface area contributed by atoms with E-state index in [1.54, 1.807) is 0 Å². The van der Waals surface area contributed by atoms with Gasteiger partial charge in [-0.15, -0.1) is 0 Å². The highest BCUT2D eigenvalue weighted by Gasteiger charge is 2.03. The van der Waals surface area contributed by atoms with Crippen LogP contribution in [0.3, 0.4) is 0 Å². The molecule has 0 atom stereocenters. The Bertz CT molecular complexity index is 470. The van der Waals surface area contributed by atoms with Crippen LogP contribution in [0.1, 0.15) is 25.8 Å². The second-order valence-electron chi connectivity index (χ2n) is 3.41. The maximum absolute atomic E-state index is 11.3. The van der Waals surface area contributed by atoms with Crippen LogP contribution >= 0.6 is 0 Å². The van der Waals surface area contributed by atoms with E-state index >= 15 is 0 Å². The molecule has 0 unspecified atom stereocenters. The molecule has 1 N–H and O–H groups in total. The van der Waals surface area contributed by atoms with Gasteiger partial charge >= 0.3 is 5.69 Å². The third-order valence-corrected chi connectivity index (χ3v) is 2.17. The summed E-state index contributed by atoms with van der Waals surface area (Å²) in [7, 11) is 0. The van der Waals surface area contributed by atoms with Crippen molar-refractivity contribution in [2.75, 3.05) is 0 Å².